The Labute approximate surface area is 163 Å². The molecule has 2 amide bonds. The van der Waals surface area contributed by atoms with Crippen LogP contribution in [0, 0.1) is 6.92 Å². The van der Waals surface area contributed by atoms with Crippen molar-refractivity contribution in [2.45, 2.75) is 32.7 Å². The maximum Gasteiger partial charge on any atom is 0.234 e. The number of hydrogen-bond acceptors (Lipinski definition) is 4. The fraction of sp³-hybridized carbons (Fsp3) is 0.400. The molecule has 0 radical (unpaired) electrons. The molecule has 1 N–H and O–H groups in total. The van der Waals surface area contributed by atoms with Crippen LogP contribution in [-0.4, -0.2) is 34.8 Å². The fourth-order valence-electron chi connectivity index (χ4n) is 3.37. The van der Waals surface area contributed by atoms with E-state index in [-0.39, 0.29) is 23.6 Å². The zero-order valence-corrected chi connectivity index (χ0v) is 16.8. The largest absolute Gasteiger partial charge is 0.335 e. The summed E-state index contributed by atoms with van der Waals surface area (Å²) in [6.07, 6.45) is 1.86. The van der Waals surface area contributed by atoms with E-state index < -0.39 is 0 Å². The van der Waals surface area contributed by atoms with Gasteiger partial charge in [-0.1, -0.05) is 19.1 Å². The first-order valence-electron chi connectivity index (χ1n) is 8.88. The first-order chi connectivity index (χ1) is 12.6. The van der Waals surface area contributed by atoms with Crippen LogP contribution >= 0.6 is 23.1 Å². The van der Waals surface area contributed by atoms with Crippen LogP contribution in [0.2, 0.25) is 0 Å². The third-order valence-corrected chi connectivity index (χ3v) is 6.48. The van der Waals surface area contributed by atoms with Crippen LogP contribution in [0.25, 0.3) is 0 Å². The lowest BCUT2D eigenvalue weighted by molar-refractivity contribution is -0.131. The van der Waals surface area contributed by atoms with Crippen LogP contribution in [0.4, 0.5) is 5.69 Å². The van der Waals surface area contributed by atoms with Gasteiger partial charge in [0.1, 0.15) is 0 Å². The summed E-state index contributed by atoms with van der Waals surface area (Å²) < 4.78 is 0. The summed E-state index contributed by atoms with van der Waals surface area (Å²) >= 11 is 3.17. The van der Waals surface area contributed by atoms with Gasteiger partial charge in [0.05, 0.1) is 17.5 Å². The minimum absolute atomic E-state index is 0.0702. The average Bonchev–Trinajstić information content (AvgIpc) is 3.09. The van der Waals surface area contributed by atoms with Crippen molar-refractivity contribution in [2.75, 3.05) is 23.4 Å². The Hall–Kier alpha value is -1.79. The van der Waals surface area contributed by atoms with E-state index in [1.54, 1.807) is 11.3 Å². The number of benzene rings is 1. The summed E-state index contributed by atoms with van der Waals surface area (Å²) in [5.41, 5.74) is 3.21. The van der Waals surface area contributed by atoms with Crippen molar-refractivity contribution in [3.63, 3.8) is 0 Å². The van der Waals surface area contributed by atoms with Gasteiger partial charge in [-0.2, -0.15) is 0 Å². The number of rotatable bonds is 6. The molecule has 0 fully saturated rings. The molecule has 6 heteroatoms. The third-order valence-electron chi connectivity index (χ3n) is 4.56. The van der Waals surface area contributed by atoms with Crippen molar-refractivity contribution in [1.29, 1.82) is 0 Å². The molecule has 1 aliphatic rings. The molecule has 3 rings (SSSR count). The zero-order chi connectivity index (χ0) is 18.5. The van der Waals surface area contributed by atoms with Gasteiger partial charge in [-0.3, -0.25) is 9.59 Å². The highest BCUT2D eigenvalue weighted by atomic mass is 32.2. The van der Waals surface area contributed by atoms with Crippen LogP contribution in [-0.2, 0) is 16.0 Å². The number of hydrogen-bond donors (Lipinski definition) is 1. The molecule has 138 valence electrons. The number of nitrogens with one attached hydrogen (secondary N) is 1. The highest BCUT2D eigenvalue weighted by Gasteiger charge is 2.30. The van der Waals surface area contributed by atoms with Crippen molar-refractivity contribution >= 4 is 40.6 Å². The number of amides is 2. The van der Waals surface area contributed by atoms with Gasteiger partial charge in [-0.05, 0) is 54.5 Å². The van der Waals surface area contributed by atoms with Crippen LogP contribution < -0.4 is 5.32 Å². The first kappa shape index (κ1) is 19.0. The second-order valence-corrected chi connectivity index (χ2v) is 8.46. The van der Waals surface area contributed by atoms with E-state index in [0.29, 0.717) is 5.75 Å². The Bertz CT molecular complexity index is 788. The molecule has 2 heterocycles. The van der Waals surface area contributed by atoms with Crippen molar-refractivity contribution in [3.8, 4) is 0 Å². The quantitative estimate of drug-likeness (QED) is 0.804. The first-order valence-corrected chi connectivity index (χ1v) is 10.9. The molecule has 1 aliphatic heterocycles. The van der Waals surface area contributed by atoms with Gasteiger partial charge in [0.25, 0.3) is 0 Å². The third kappa shape index (κ3) is 4.48. The zero-order valence-electron chi connectivity index (χ0n) is 15.2. The van der Waals surface area contributed by atoms with Crippen molar-refractivity contribution < 1.29 is 9.59 Å². The molecule has 1 aromatic carbocycles. The van der Waals surface area contributed by atoms with Gasteiger partial charge in [0, 0.05) is 17.1 Å². The van der Waals surface area contributed by atoms with Gasteiger partial charge in [0.2, 0.25) is 11.8 Å². The topological polar surface area (TPSA) is 49.4 Å². The standard InChI is InChI=1S/C20H24N2O2S2/c1-3-17-16-8-10-26-18(16)7-9-22(17)20(24)13-25-12-19(23)21-15-6-4-5-14(2)11-15/h4-6,8,10-11,17H,3,7,9,12-13H2,1-2H3,(H,21,23). The average molecular weight is 389 g/mol. The van der Waals surface area contributed by atoms with Crippen molar-refractivity contribution in [2.24, 2.45) is 0 Å². The van der Waals surface area contributed by atoms with E-state index in [1.165, 1.54) is 22.2 Å². The second kappa shape index (κ2) is 8.73. The molecule has 0 saturated carbocycles. The van der Waals surface area contributed by atoms with Crippen LogP contribution in [0.15, 0.2) is 35.7 Å². The molecule has 0 spiro atoms. The Kier molecular flexibility index (Phi) is 6.38. The number of thioether (sulfide) groups is 1. The minimum atomic E-state index is -0.0702. The summed E-state index contributed by atoms with van der Waals surface area (Å²) in [7, 11) is 0. The fourth-order valence-corrected chi connectivity index (χ4v) is 5.00. The molecule has 0 bridgehead atoms. The van der Waals surface area contributed by atoms with E-state index in [2.05, 4.69) is 23.7 Å². The summed E-state index contributed by atoms with van der Waals surface area (Å²) in [5, 5.41) is 5.00. The molecule has 1 unspecified atom stereocenters. The van der Waals surface area contributed by atoms with Crippen LogP contribution in [0.5, 0.6) is 0 Å². The number of anilines is 1. The highest BCUT2D eigenvalue weighted by molar-refractivity contribution is 8.00. The van der Waals surface area contributed by atoms with E-state index in [4.69, 9.17) is 0 Å². The number of carbonyl (C=O) groups excluding carboxylic acids is 2. The van der Waals surface area contributed by atoms with E-state index in [1.807, 2.05) is 36.1 Å². The molecule has 4 nitrogen and oxygen atoms in total. The predicted molar refractivity (Wildman–Crippen MR) is 110 cm³/mol. The van der Waals surface area contributed by atoms with Crippen LogP contribution in [0.1, 0.15) is 35.4 Å². The summed E-state index contributed by atoms with van der Waals surface area (Å²) in [6.45, 7) is 4.89. The van der Waals surface area contributed by atoms with Gasteiger partial charge in [-0.15, -0.1) is 23.1 Å². The number of nitrogens with zero attached hydrogens (tertiary/aromatic N) is 1. The van der Waals surface area contributed by atoms with Crippen LogP contribution in [0.3, 0.4) is 0 Å². The van der Waals surface area contributed by atoms with Gasteiger partial charge in [0.15, 0.2) is 0 Å². The van der Waals surface area contributed by atoms with Crippen molar-refractivity contribution in [3.05, 3.63) is 51.7 Å². The lowest BCUT2D eigenvalue weighted by atomic mass is 9.98. The number of thiophene rings is 1. The number of carbonyl (C=O) groups is 2. The summed E-state index contributed by atoms with van der Waals surface area (Å²) in [6, 6.07) is 10.0. The normalized spacial score (nSPS) is 16.2. The highest BCUT2D eigenvalue weighted by Crippen LogP contribution is 2.35. The van der Waals surface area contributed by atoms with E-state index >= 15 is 0 Å². The minimum Gasteiger partial charge on any atom is -0.335 e. The number of aryl methyl sites for hydroxylation is 1. The Morgan fingerprint density at radius 2 is 2.15 bits per heavy atom. The molecule has 1 aromatic heterocycles. The lowest BCUT2D eigenvalue weighted by Gasteiger charge is -2.35. The molecular weight excluding hydrogens is 364 g/mol. The molecule has 2 aromatic rings. The summed E-state index contributed by atoms with van der Waals surface area (Å²) in [5.74, 6) is 0.687. The van der Waals surface area contributed by atoms with Gasteiger partial charge < -0.3 is 10.2 Å². The lowest BCUT2D eigenvalue weighted by Crippen LogP contribution is -2.40. The van der Waals surface area contributed by atoms with E-state index in [9.17, 15) is 9.59 Å². The number of fused-ring (bicyclic) bond motifs is 1. The Balaban J connectivity index is 1.49. The maximum absolute atomic E-state index is 12.7. The van der Waals surface area contributed by atoms with Gasteiger partial charge in [-0.25, -0.2) is 0 Å². The predicted octanol–water partition coefficient (Wildman–Crippen LogP) is 4.26. The van der Waals surface area contributed by atoms with Gasteiger partial charge >= 0.3 is 0 Å². The van der Waals surface area contributed by atoms with Crippen molar-refractivity contribution in [1.82, 2.24) is 4.90 Å². The molecule has 1 atom stereocenters. The molecule has 0 saturated heterocycles. The molecular formula is C20H24N2O2S2. The second-order valence-electron chi connectivity index (χ2n) is 6.47. The SMILES string of the molecule is CCC1c2ccsc2CCN1C(=O)CSCC(=O)Nc1cccc(C)c1. The monoisotopic (exact) mass is 388 g/mol. The van der Waals surface area contributed by atoms with E-state index in [0.717, 1.165) is 30.6 Å². The molecule has 0 aliphatic carbocycles. The molecule has 26 heavy (non-hydrogen) atoms. The smallest absolute Gasteiger partial charge is 0.234 e. The maximum atomic E-state index is 12.7. The Morgan fingerprint density at radius 1 is 1.31 bits per heavy atom. The summed E-state index contributed by atoms with van der Waals surface area (Å²) in [4.78, 5) is 28.1. The Morgan fingerprint density at radius 3 is 2.92 bits per heavy atom.